The number of aryl methyl sites for hydroxylation is 1. The molecule has 0 aliphatic carbocycles. The molecule has 3 heteroatoms. The SMILES string of the molecule is CCc1ccc2c(c1)CC(c1ccc(F)c(F)c1)N2. The zero-order valence-corrected chi connectivity index (χ0v) is 10.7. The maximum absolute atomic E-state index is 13.3. The molecular weight excluding hydrogens is 244 g/mol. The molecule has 3 rings (SSSR count). The number of hydrogen-bond donors (Lipinski definition) is 1. The van der Waals surface area contributed by atoms with Gasteiger partial charge in [0.25, 0.3) is 0 Å². The summed E-state index contributed by atoms with van der Waals surface area (Å²) in [5, 5.41) is 3.36. The molecular formula is C16H15F2N. The van der Waals surface area contributed by atoms with Gasteiger partial charge in [-0.15, -0.1) is 0 Å². The third-order valence-electron chi connectivity index (χ3n) is 3.68. The smallest absolute Gasteiger partial charge is 0.159 e. The molecule has 1 atom stereocenters. The molecule has 2 aromatic carbocycles. The van der Waals surface area contributed by atoms with Gasteiger partial charge in [0.05, 0.1) is 6.04 Å². The summed E-state index contributed by atoms with van der Waals surface area (Å²) in [5.41, 5.74) is 4.42. The molecule has 1 N–H and O–H groups in total. The van der Waals surface area contributed by atoms with Gasteiger partial charge in [-0.25, -0.2) is 8.78 Å². The average Bonchev–Trinajstić information content (AvgIpc) is 2.84. The monoisotopic (exact) mass is 259 g/mol. The molecule has 0 aromatic heterocycles. The van der Waals surface area contributed by atoms with Crippen LogP contribution in [0.25, 0.3) is 0 Å². The summed E-state index contributed by atoms with van der Waals surface area (Å²) < 4.78 is 26.2. The summed E-state index contributed by atoms with van der Waals surface area (Å²) in [5.74, 6) is -1.59. The highest BCUT2D eigenvalue weighted by Gasteiger charge is 2.22. The first-order chi connectivity index (χ1) is 9.17. The number of halogens is 2. The van der Waals surface area contributed by atoms with E-state index < -0.39 is 11.6 Å². The summed E-state index contributed by atoms with van der Waals surface area (Å²) in [6, 6.07) is 10.5. The van der Waals surface area contributed by atoms with E-state index in [-0.39, 0.29) is 6.04 Å². The predicted octanol–water partition coefficient (Wildman–Crippen LogP) is 4.24. The fourth-order valence-electron chi connectivity index (χ4n) is 2.57. The van der Waals surface area contributed by atoms with Gasteiger partial charge < -0.3 is 5.32 Å². The molecule has 0 radical (unpaired) electrons. The van der Waals surface area contributed by atoms with Crippen molar-refractivity contribution in [2.45, 2.75) is 25.8 Å². The molecule has 1 unspecified atom stereocenters. The van der Waals surface area contributed by atoms with Crippen LogP contribution in [-0.2, 0) is 12.8 Å². The van der Waals surface area contributed by atoms with Gasteiger partial charge in [0.15, 0.2) is 11.6 Å². The minimum atomic E-state index is -0.799. The Labute approximate surface area is 111 Å². The minimum absolute atomic E-state index is 0.0252. The zero-order valence-electron chi connectivity index (χ0n) is 10.7. The van der Waals surface area contributed by atoms with Gasteiger partial charge >= 0.3 is 0 Å². The average molecular weight is 259 g/mol. The first-order valence-corrected chi connectivity index (χ1v) is 6.50. The van der Waals surface area contributed by atoms with Crippen molar-refractivity contribution in [2.75, 3.05) is 5.32 Å². The van der Waals surface area contributed by atoms with Crippen molar-refractivity contribution >= 4 is 5.69 Å². The van der Waals surface area contributed by atoms with Crippen LogP contribution in [0, 0.1) is 11.6 Å². The van der Waals surface area contributed by atoms with Crippen molar-refractivity contribution in [1.29, 1.82) is 0 Å². The van der Waals surface area contributed by atoms with E-state index >= 15 is 0 Å². The Kier molecular flexibility index (Phi) is 2.97. The fourth-order valence-corrected chi connectivity index (χ4v) is 2.57. The zero-order chi connectivity index (χ0) is 13.4. The van der Waals surface area contributed by atoms with Crippen molar-refractivity contribution in [3.63, 3.8) is 0 Å². The molecule has 0 fully saturated rings. The highest BCUT2D eigenvalue weighted by atomic mass is 19.2. The maximum atomic E-state index is 13.3. The normalized spacial score (nSPS) is 17.1. The van der Waals surface area contributed by atoms with E-state index in [4.69, 9.17) is 0 Å². The van der Waals surface area contributed by atoms with Crippen molar-refractivity contribution in [3.8, 4) is 0 Å². The number of rotatable bonds is 2. The molecule has 0 saturated heterocycles. The number of hydrogen-bond acceptors (Lipinski definition) is 1. The van der Waals surface area contributed by atoms with Crippen LogP contribution in [0.3, 0.4) is 0 Å². The largest absolute Gasteiger partial charge is 0.378 e. The number of nitrogens with one attached hydrogen (secondary N) is 1. The third kappa shape index (κ3) is 2.21. The van der Waals surface area contributed by atoms with Crippen molar-refractivity contribution < 1.29 is 8.78 Å². The van der Waals surface area contributed by atoms with Crippen LogP contribution in [-0.4, -0.2) is 0 Å². The number of anilines is 1. The highest BCUT2D eigenvalue weighted by molar-refractivity contribution is 5.59. The summed E-state index contributed by atoms with van der Waals surface area (Å²) >= 11 is 0. The van der Waals surface area contributed by atoms with E-state index in [0.717, 1.165) is 24.1 Å². The van der Waals surface area contributed by atoms with E-state index in [1.54, 1.807) is 6.07 Å². The summed E-state index contributed by atoms with van der Waals surface area (Å²) in [6.45, 7) is 2.12. The summed E-state index contributed by atoms with van der Waals surface area (Å²) in [7, 11) is 0. The van der Waals surface area contributed by atoms with Crippen molar-refractivity contribution in [2.24, 2.45) is 0 Å². The van der Waals surface area contributed by atoms with E-state index in [0.29, 0.717) is 0 Å². The van der Waals surface area contributed by atoms with Crippen LogP contribution in [0.1, 0.15) is 29.7 Å². The fraction of sp³-hybridized carbons (Fsp3) is 0.250. The Morgan fingerprint density at radius 1 is 1.11 bits per heavy atom. The standard InChI is InChI=1S/C16H15F2N/c1-2-10-3-6-15-12(7-10)9-16(19-15)11-4-5-13(17)14(18)8-11/h3-8,16,19H,2,9H2,1H3. The van der Waals surface area contributed by atoms with Crippen LogP contribution in [0.4, 0.5) is 14.5 Å². The van der Waals surface area contributed by atoms with Crippen LogP contribution in [0.5, 0.6) is 0 Å². The van der Waals surface area contributed by atoms with Gasteiger partial charge in [-0.05, 0) is 47.7 Å². The molecule has 98 valence electrons. The second-order valence-electron chi connectivity index (χ2n) is 4.92. The Bertz CT molecular complexity index is 622. The molecule has 0 bridgehead atoms. The maximum Gasteiger partial charge on any atom is 0.159 e. The van der Waals surface area contributed by atoms with Gasteiger partial charge in [-0.3, -0.25) is 0 Å². The Hall–Kier alpha value is -1.90. The van der Waals surface area contributed by atoms with Crippen LogP contribution >= 0.6 is 0 Å². The molecule has 2 aromatic rings. The van der Waals surface area contributed by atoms with Gasteiger partial charge in [0, 0.05) is 5.69 Å². The number of benzene rings is 2. The van der Waals surface area contributed by atoms with E-state index in [1.807, 2.05) is 0 Å². The molecule has 0 amide bonds. The summed E-state index contributed by atoms with van der Waals surface area (Å²) in [6.07, 6.45) is 1.82. The Morgan fingerprint density at radius 2 is 1.95 bits per heavy atom. The second kappa shape index (κ2) is 4.65. The van der Waals surface area contributed by atoms with Crippen LogP contribution in [0.2, 0.25) is 0 Å². The van der Waals surface area contributed by atoms with Gasteiger partial charge in [0.1, 0.15) is 0 Å². The lowest BCUT2D eigenvalue weighted by Gasteiger charge is -2.11. The highest BCUT2D eigenvalue weighted by Crippen LogP contribution is 2.35. The lowest BCUT2D eigenvalue weighted by molar-refractivity contribution is 0.506. The molecule has 0 saturated carbocycles. The topological polar surface area (TPSA) is 12.0 Å². The lowest BCUT2D eigenvalue weighted by Crippen LogP contribution is -2.06. The van der Waals surface area contributed by atoms with Crippen molar-refractivity contribution in [1.82, 2.24) is 0 Å². The molecule has 19 heavy (non-hydrogen) atoms. The number of fused-ring (bicyclic) bond motifs is 1. The molecule has 0 spiro atoms. The molecule has 1 aliphatic rings. The van der Waals surface area contributed by atoms with Gasteiger partial charge in [0.2, 0.25) is 0 Å². The Morgan fingerprint density at radius 3 is 2.68 bits per heavy atom. The van der Waals surface area contributed by atoms with Gasteiger partial charge in [-0.1, -0.05) is 25.1 Å². The minimum Gasteiger partial charge on any atom is -0.378 e. The van der Waals surface area contributed by atoms with Crippen LogP contribution < -0.4 is 5.32 Å². The van der Waals surface area contributed by atoms with E-state index in [9.17, 15) is 8.78 Å². The summed E-state index contributed by atoms with van der Waals surface area (Å²) in [4.78, 5) is 0. The van der Waals surface area contributed by atoms with E-state index in [1.165, 1.54) is 23.3 Å². The van der Waals surface area contributed by atoms with E-state index in [2.05, 4.69) is 30.4 Å². The second-order valence-corrected chi connectivity index (χ2v) is 4.92. The van der Waals surface area contributed by atoms with Crippen LogP contribution in [0.15, 0.2) is 36.4 Å². The molecule has 1 aliphatic heterocycles. The lowest BCUT2D eigenvalue weighted by atomic mass is 10.0. The first-order valence-electron chi connectivity index (χ1n) is 6.50. The molecule has 1 nitrogen and oxygen atoms in total. The van der Waals surface area contributed by atoms with Crippen molar-refractivity contribution in [3.05, 3.63) is 64.7 Å². The quantitative estimate of drug-likeness (QED) is 0.850. The first kappa shape index (κ1) is 12.2. The van der Waals surface area contributed by atoms with Gasteiger partial charge in [-0.2, -0.15) is 0 Å². The third-order valence-corrected chi connectivity index (χ3v) is 3.68. The Balaban J connectivity index is 1.88. The molecule has 1 heterocycles. The predicted molar refractivity (Wildman–Crippen MR) is 72.2 cm³/mol.